The van der Waals surface area contributed by atoms with Gasteiger partial charge in [-0.2, -0.15) is 0 Å². The number of carbonyl (C=O) groups is 1. The molecule has 1 fully saturated rings. The summed E-state index contributed by atoms with van der Waals surface area (Å²) in [6, 6.07) is 9.74. The van der Waals surface area contributed by atoms with Crippen LogP contribution in [0.25, 0.3) is 0 Å². The van der Waals surface area contributed by atoms with Crippen LogP contribution in [0, 0.1) is 0 Å². The Bertz CT molecular complexity index is 702. The van der Waals surface area contributed by atoms with E-state index >= 15 is 0 Å². The molecule has 1 amide bonds. The van der Waals surface area contributed by atoms with Gasteiger partial charge in [-0.25, -0.2) is 0 Å². The largest absolute Gasteiger partial charge is 0.378 e. The fourth-order valence-electron chi connectivity index (χ4n) is 2.81. The average Bonchev–Trinajstić information content (AvgIpc) is 3.15. The molecule has 0 bridgehead atoms. The SMILES string of the molecule is C[C@H](NC(=O)CNc1cc(Cl)ccc1N1CCOCC1)c1cccs1. The van der Waals surface area contributed by atoms with Crippen molar-refractivity contribution in [3.05, 3.63) is 45.6 Å². The zero-order valence-corrected chi connectivity index (χ0v) is 15.7. The van der Waals surface area contributed by atoms with Crippen molar-refractivity contribution in [1.29, 1.82) is 0 Å². The minimum absolute atomic E-state index is 0.00683. The monoisotopic (exact) mass is 379 g/mol. The number of halogens is 1. The number of nitrogens with zero attached hydrogens (tertiary/aromatic N) is 1. The molecule has 2 heterocycles. The normalized spacial score (nSPS) is 15.7. The lowest BCUT2D eigenvalue weighted by atomic mass is 10.2. The molecular weight excluding hydrogens is 358 g/mol. The third kappa shape index (κ3) is 4.87. The molecule has 7 heteroatoms. The summed E-state index contributed by atoms with van der Waals surface area (Å²) in [5.41, 5.74) is 1.92. The van der Waals surface area contributed by atoms with Crippen LogP contribution in [0.5, 0.6) is 0 Å². The Kier molecular flexibility index (Phi) is 6.18. The highest BCUT2D eigenvalue weighted by Crippen LogP contribution is 2.29. The zero-order chi connectivity index (χ0) is 17.6. The van der Waals surface area contributed by atoms with Gasteiger partial charge in [-0.1, -0.05) is 17.7 Å². The standard InChI is InChI=1S/C18H22ClN3O2S/c1-13(17-3-2-10-25-17)21-18(23)12-20-15-11-14(19)4-5-16(15)22-6-8-24-9-7-22/h2-5,10-11,13,20H,6-9,12H2,1H3,(H,21,23)/t13-/m0/s1. The van der Waals surface area contributed by atoms with Gasteiger partial charge in [-0.3, -0.25) is 4.79 Å². The van der Waals surface area contributed by atoms with E-state index in [4.69, 9.17) is 16.3 Å². The van der Waals surface area contributed by atoms with Crippen LogP contribution in [-0.2, 0) is 9.53 Å². The van der Waals surface area contributed by atoms with Gasteiger partial charge in [0.25, 0.3) is 0 Å². The summed E-state index contributed by atoms with van der Waals surface area (Å²) in [6.45, 7) is 5.27. The van der Waals surface area contributed by atoms with Crippen LogP contribution in [-0.4, -0.2) is 38.8 Å². The Hall–Kier alpha value is -1.76. The van der Waals surface area contributed by atoms with Crippen LogP contribution in [0.2, 0.25) is 5.02 Å². The van der Waals surface area contributed by atoms with Crippen molar-refractivity contribution in [2.24, 2.45) is 0 Å². The van der Waals surface area contributed by atoms with Gasteiger partial charge in [0.2, 0.25) is 5.91 Å². The van der Waals surface area contributed by atoms with Gasteiger partial charge in [0, 0.05) is 23.0 Å². The number of hydrogen-bond donors (Lipinski definition) is 2. The summed E-state index contributed by atoms with van der Waals surface area (Å²) in [5, 5.41) is 8.89. The second-order valence-corrected chi connectivity index (χ2v) is 7.33. The van der Waals surface area contributed by atoms with Crippen LogP contribution in [0.4, 0.5) is 11.4 Å². The van der Waals surface area contributed by atoms with E-state index in [9.17, 15) is 4.79 Å². The van der Waals surface area contributed by atoms with Crippen LogP contribution in [0.3, 0.4) is 0 Å². The number of ether oxygens (including phenoxy) is 1. The fraction of sp³-hybridized carbons (Fsp3) is 0.389. The van der Waals surface area contributed by atoms with Gasteiger partial charge >= 0.3 is 0 Å². The molecule has 1 saturated heterocycles. The van der Waals surface area contributed by atoms with Gasteiger partial charge in [0.1, 0.15) is 0 Å². The number of carbonyl (C=O) groups excluding carboxylic acids is 1. The number of benzene rings is 1. The van der Waals surface area contributed by atoms with Crippen LogP contribution < -0.4 is 15.5 Å². The number of morpholine rings is 1. The van der Waals surface area contributed by atoms with Crippen molar-refractivity contribution in [2.45, 2.75) is 13.0 Å². The van der Waals surface area contributed by atoms with Crippen LogP contribution in [0.1, 0.15) is 17.8 Å². The summed E-state index contributed by atoms with van der Waals surface area (Å²) in [4.78, 5) is 15.6. The second kappa shape index (κ2) is 8.56. The maximum atomic E-state index is 12.3. The van der Waals surface area contributed by atoms with Gasteiger partial charge in [0.05, 0.1) is 37.2 Å². The Labute approximate surface area is 156 Å². The highest BCUT2D eigenvalue weighted by Gasteiger charge is 2.16. The van der Waals surface area contributed by atoms with E-state index in [1.807, 2.05) is 42.6 Å². The van der Waals surface area contributed by atoms with Crippen LogP contribution >= 0.6 is 22.9 Å². The Morgan fingerprint density at radius 3 is 2.88 bits per heavy atom. The molecule has 134 valence electrons. The predicted molar refractivity (Wildman–Crippen MR) is 104 cm³/mol. The molecule has 0 unspecified atom stereocenters. The lowest BCUT2D eigenvalue weighted by Crippen LogP contribution is -2.37. The molecule has 0 saturated carbocycles. The van der Waals surface area contributed by atoms with Gasteiger partial charge in [-0.05, 0) is 36.6 Å². The minimum atomic E-state index is -0.0474. The number of rotatable bonds is 6. The van der Waals surface area contributed by atoms with E-state index < -0.39 is 0 Å². The molecule has 1 aromatic carbocycles. The van der Waals surface area contributed by atoms with E-state index in [2.05, 4.69) is 15.5 Å². The molecule has 3 rings (SSSR count). The third-order valence-corrected chi connectivity index (χ3v) is 5.39. The molecule has 1 atom stereocenters. The van der Waals surface area contributed by atoms with Crippen molar-refractivity contribution in [2.75, 3.05) is 43.1 Å². The number of nitrogens with one attached hydrogen (secondary N) is 2. The maximum Gasteiger partial charge on any atom is 0.239 e. The summed E-state index contributed by atoms with van der Waals surface area (Å²) in [5.74, 6) is -0.0474. The molecule has 1 aliphatic heterocycles. The van der Waals surface area contributed by atoms with Crippen molar-refractivity contribution >= 4 is 40.2 Å². The van der Waals surface area contributed by atoms with E-state index in [0.29, 0.717) is 18.2 Å². The Balaban J connectivity index is 1.61. The fourth-order valence-corrected chi connectivity index (χ4v) is 3.71. The van der Waals surface area contributed by atoms with Gasteiger partial charge in [0.15, 0.2) is 0 Å². The van der Waals surface area contributed by atoms with Gasteiger partial charge < -0.3 is 20.3 Å². The smallest absolute Gasteiger partial charge is 0.239 e. The molecule has 5 nitrogen and oxygen atoms in total. The number of thiophene rings is 1. The van der Waals surface area contributed by atoms with E-state index in [1.165, 1.54) is 0 Å². The summed E-state index contributed by atoms with van der Waals surface area (Å²) in [7, 11) is 0. The first-order valence-corrected chi connectivity index (χ1v) is 9.58. The van der Waals surface area contributed by atoms with Crippen molar-refractivity contribution < 1.29 is 9.53 Å². The first-order chi connectivity index (χ1) is 12.1. The molecular formula is C18H22ClN3O2S. The molecule has 0 aliphatic carbocycles. The number of amides is 1. The molecule has 0 spiro atoms. The lowest BCUT2D eigenvalue weighted by molar-refractivity contribution is -0.120. The van der Waals surface area contributed by atoms with Gasteiger partial charge in [-0.15, -0.1) is 11.3 Å². The molecule has 2 N–H and O–H groups in total. The van der Waals surface area contributed by atoms with Crippen molar-refractivity contribution in [1.82, 2.24) is 5.32 Å². The summed E-state index contributed by atoms with van der Waals surface area (Å²) >= 11 is 7.78. The Morgan fingerprint density at radius 2 is 2.16 bits per heavy atom. The molecule has 1 aromatic heterocycles. The number of anilines is 2. The highest BCUT2D eigenvalue weighted by atomic mass is 35.5. The summed E-state index contributed by atoms with van der Waals surface area (Å²) < 4.78 is 5.41. The van der Waals surface area contributed by atoms with E-state index in [1.54, 1.807) is 11.3 Å². The summed E-state index contributed by atoms with van der Waals surface area (Å²) in [6.07, 6.45) is 0. The van der Waals surface area contributed by atoms with Crippen molar-refractivity contribution in [3.8, 4) is 0 Å². The average molecular weight is 380 g/mol. The molecule has 1 aliphatic rings. The first-order valence-electron chi connectivity index (χ1n) is 8.32. The lowest BCUT2D eigenvalue weighted by Gasteiger charge is -2.30. The quantitative estimate of drug-likeness (QED) is 0.806. The number of hydrogen-bond acceptors (Lipinski definition) is 5. The predicted octanol–water partition coefficient (Wildman–Crippen LogP) is 3.53. The molecule has 0 radical (unpaired) electrons. The molecule has 25 heavy (non-hydrogen) atoms. The maximum absolute atomic E-state index is 12.3. The molecule has 2 aromatic rings. The first kappa shape index (κ1) is 18.0. The zero-order valence-electron chi connectivity index (χ0n) is 14.1. The second-order valence-electron chi connectivity index (χ2n) is 5.92. The minimum Gasteiger partial charge on any atom is -0.378 e. The topological polar surface area (TPSA) is 53.6 Å². The van der Waals surface area contributed by atoms with E-state index in [0.717, 1.165) is 29.3 Å². The Morgan fingerprint density at radius 1 is 1.36 bits per heavy atom. The van der Waals surface area contributed by atoms with Crippen LogP contribution in [0.15, 0.2) is 35.7 Å². The highest BCUT2D eigenvalue weighted by molar-refractivity contribution is 7.10. The third-order valence-electron chi connectivity index (χ3n) is 4.10. The van der Waals surface area contributed by atoms with E-state index in [-0.39, 0.29) is 18.5 Å². The van der Waals surface area contributed by atoms with Crippen molar-refractivity contribution in [3.63, 3.8) is 0 Å².